The monoisotopic (exact) mass is 351 g/mol. The molecule has 2 fully saturated rings. The first-order valence-corrected chi connectivity index (χ1v) is 8.53. The highest BCUT2D eigenvalue weighted by Gasteiger charge is 2.30. The van der Waals surface area contributed by atoms with Gasteiger partial charge in [0.2, 0.25) is 0 Å². The maximum Gasteiger partial charge on any atom is 0.256 e. The molecule has 2 heterocycles. The molecule has 4 nitrogen and oxygen atoms in total. The quantitative estimate of drug-likeness (QED) is 0.833. The van der Waals surface area contributed by atoms with E-state index >= 15 is 0 Å². The molecule has 114 valence electrons. The van der Waals surface area contributed by atoms with Crippen molar-refractivity contribution < 1.29 is 4.79 Å². The maximum atomic E-state index is 12.7. The van der Waals surface area contributed by atoms with Gasteiger partial charge in [0.25, 0.3) is 5.91 Å². The van der Waals surface area contributed by atoms with E-state index in [4.69, 9.17) is 5.73 Å². The number of halogens is 1. The molecule has 1 amide bonds. The van der Waals surface area contributed by atoms with E-state index in [1.807, 2.05) is 17.0 Å². The van der Waals surface area contributed by atoms with Crippen LogP contribution in [0.15, 0.2) is 22.7 Å². The molecule has 0 radical (unpaired) electrons. The number of hydrogen-bond acceptors (Lipinski definition) is 3. The molecular formula is C16H22BrN3O. The topological polar surface area (TPSA) is 49.6 Å². The molecule has 0 aliphatic carbocycles. The molecule has 2 aliphatic heterocycles. The number of amides is 1. The normalized spacial score (nSPS) is 23.5. The minimum Gasteiger partial charge on any atom is -0.398 e. The molecule has 3 rings (SSSR count). The van der Waals surface area contributed by atoms with Crippen LogP contribution in [0.25, 0.3) is 0 Å². The number of carbonyl (C=O) groups excluding carboxylic acids is 1. The van der Waals surface area contributed by atoms with Crippen LogP contribution in [0, 0.1) is 0 Å². The van der Waals surface area contributed by atoms with E-state index in [0.29, 0.717) is 17.3 Å². The molecule has 1 aromatic rings. The number of carbonyl (C=O) groups is 1. The highest BCUT2D eigenvalue weighted by atomic mass is 79.9. The number of nitrogens with two attached hydrogens (primary N) is 1. The van der Waals surface area contributed by atoms with E-state index in [9.17, 15) is 4.79 Å². The van der Waals surface area contributed by atoms with Crippen molar-refractivity contribution in [1.82, 2.24) is 9.80 Å². The lowest BCUT2D eigenvalue weighted by atomic mass is 10.0. The first-order valence-electron chi connectivity index (χ1n) is 7.73. The Kier molecular flexibility index (Phi) is 4.50. The predicted molar refractivity (Wildman–Crippen MR) is 88.3 cm³/mol. The molecular weight excluding hydrogens is 330 g/mol. The summed E-state index contributed by atoms with van der Waals surface area (Å²) in [6.45, 7) is 4.05. The van der Waals surface area contributed by atoms with Gasteiger partial charge in [0.15, 0.2) is 0 Å². The molecule has 2 aliphatic rings. The summed E-state index contributed by atoms with van der Waals surface area (Å²) >= 11 is 3.42. The Bertz CT molecular complexity index is 528. The van der Waals surface area contributed by atoms with Crippen molar-refractivity contribution in [2.45, 2.75) is 31.7 Å². The molecule has 5 heteroatoms. The van der Waals surface area contributed by atoms with Crippen molar-refractivity contribution in [2.24, 2.45) is 0 Å². The van der Waals surface area contributed by atoms with Crippen LogP contribution >= 0.6 is 15.9 Å². The number of piperidine rings is 1. The Balaban J connectivity index is 1.73. The summed E-state index contributed by atoms with van der Waals surface area (Å²) in [4.78, 5) is 17.3. The third-order valence-corrected chi connectivity index (χ3v) is 5.08. The van der Waals surface area contributed by atoms with Crippen molar-refractivity contribution in [2.75, 3.05) is 31.9 Å². The zero-order chi connectivity index (χ0) is 14.8. The van der Waals surface area contributed by atoms with Crippen molar-refractivity contribution in [3.8, 4) is 0 Å². The number of likely N-dealkylation sites (tertiary alicyclic amines) is 2. The second-order valence-corrected chi connectivity index (χ2v) is 6.94. The molecule has 0 spiro atoms. The van der Waals surface area contributed by atoms with E-state index in [2.05, 4.69) is 20.8 Å². The van der Waals surface area contributed by atoms with Crippen molar-refractivity contribution in [3.05, 3.63) is 28.2 Å². The SMILES string of the molecule is Nc1ccc(Br)cc1C(=O)N1CCCC(N2CCCC2)C1. The number of anilines is 1. The first-order chi connectivity index (χ1) is 10.1. The average Bonchev–Trinajstić information content (AvgIpc) is 3.03. The highest BCUT2D eigenvalue weighted by molar-refractivity contribution is 9.10. The number of benzene rings is 1. The lowest BCUT2D eigenvalue weighted by molar-refractivity contribution is 0.0609. The zero-order valence-corrected chi connectivity index (χ0v) is 13.8. The second kappa shape index (κ2) is 6.36. The molecule has 1 aromatic carbocycles. The summed E-state index contributed by atoms with van der Waals surface area (Å²) < 4.78 is 0.896. The minimum absolute atomic E-state index is 0.0673. The molecule has 0 saturated carbocycles. The van der Waals surface area contributed by atoms with Gasteiger partial charge in [0.05, 0.1) is 5.56 Å². The first kappa shape index (κ1) is 14.9. The lowest BCUT2D eigenvalue weighted by Crippen LogP contribution is -2.49. The molecule has 1 atom stereocenters. The number of rotatable bonds is 2. The van der Waals surface area contributed by atoms with Gasteiger partial charge in [-0.05, 0) is 57.0 Å². The molecule has 0 bridgehead atoms. The maximum absolute atomic E-state index is 12.7. The Hall–Kier alpha value is -1.07. The fourth-order valence-corrected chi connectivity index (χ4v) is 3.79. The molecule has 2 saturated heterocycles. The predicted octanol–water partition coefficient (Wildman–Crippen LogP) is 2.73. The number of hydrogen-bond donors (Lipinski definition) is 1. The average molecular weight is 352 g/mol. The zero-order valence-electron chi connectivity index (χ0n) is 12.2. The van der Waals surface area contributed by atoms with Gasteiger partial charge in [-0.2, -0.15) is 0 Å². The Morgan fingerprint density at radius 2 is 1.95 bits per heavy atom. The molecule has 0 aromatic heterocycles. The fraction of sp³-hybridized carbons (Fsp3) is 0.562. The third kappa shape index (κ3) is 3.24. The van der Waals surface area contributed by atoms with Crippen LogP contribution in [0.3, 0.4) is 0 Å². The molecule has 1 unspecified atom stereocenters. The summed E-state index contributed by atoms with van der Waals surface area (Å²) in [5, 5.41) is 0. The highest BCUT2D eigenvalue weighted by Crippen LogP contribution is 2.24. The van der Waals surface area contributed by atoms with Crippen molar-refractivity contribution in [1.29, 1.82) is 0 Å². The van der Waals surface area contributed by atoms with Gasteiger partial charge in [-0.25, -0.2) is 0 Å². The van der Waals surface area contributed by atoms with Gasteiger partial charge in [0.1, 0.15) is 0 Å². The fourth-order valence-electron chi connectivity index (χ4n) is 3.43. The smallest absolute Gasteiger partial charge is 0.256 e. The summed E-state index contributed by atoms with van der Waals surface area (Å²) in [6, 6.07) is 6.02. The van der Waals surface area contributed by atoms with Crippen LogP contribution < -0.4 is 5.73 Å². The van der Waals surface area contributed by atoms with Crippen LogP contribution in [0.4, 0.5) is 5.69 Å². The van der Waals surface area contributed by atoms with Gasteiger partial charge in [-0.3, -0.25) is 9.69 Å². The van der Waals surface area contributed by atoms with Gasteiger partial charge in [0, 0.05) is 29.3 Å². The van der Waals surface area contributed by atoms with Crippen LogP contribution in [-0.4, -0.2) is 47.9 Å². The summed E-state index contributed by atoms with van der Waals surface area (Å²) in [5.41, 5.74) is 7.15. The van der Waals surface area contributed by atoms with Crippen molar-refractivity contribution >= 4 is 27.5 Å². The summed E-state index contributed by atoms with van der Waals surface area (Å²) in [6.07, 6.45) is 4.88. The van der Waals surface area contributed by atoms with Crippen LogP contribution in [0.5, 0.6) is 0 Å². The summed E-state index contributed by atoms with van der Waals surface area (Å²) in [7, 11) is 0. The van der Waals surface area contributed by atoms with E-state index in [1.54, 1.807) is 6.07 Å². The van der Waals surface area contributed by atoms with E-state index in [0.717, 1.165) is 24.0 Å². The largest absolute Gasteiger partial charge is 0.398 e. The lowest BCUT2D eigenvalue weighted by Gasteiger charge is -2.37. The molecule has 21 heavy (non-hydrogen) atoms. The van der Waals surface area contributed by atoms with E-state index in [1.165, 1.54) is 32.4 Å². The van der Waals surface area contributed by atoms with Gasteiger partial charge >= 0.3 is 0 Å². The Morgan fingerprint density at radius 3 is 2.71 bits per heavy atom. The standard InChI is InChI=1S/C16H22BrN3O/c17-12-5-6-15(18)14(10-12)16(21)20-9-3-4-13(11-20)19-7-1-2-8-19/h5-6,10,13H,1-4,7-9,11,18H2. The Labute approximate surface area is 134 Å². The molecule has 2 N–H and O–H groups in total. The van der Waals surface area contributed by atoms with E-state index in [-0.39, 0.29) is 5.91 Å². The minimum atomic E-state index is 0.0673. The van der Waals surface area contributed by atoms with Crippen LogP contribution in [-0.2, 0) is 0 Å². The van der Waals surface area contributed by atoms with Gasteiger partial charge < -0.3 is 10.6 Å². The number of nitrogen functional groups attached to an aromatic ring is 1. The number of nitrogens with zero attached hydrogens (tertiary/aromatic N) is 2. The van der Waals surface area contributed by atoms with Gasteiger partial charge in [-0.1, -0.05) is 15.9 Å². The van der Waals surface area contributed by atoms with Crippen molar-refractivity contribution in [3.63, 3.8) is 0 Å². The summed E-state index contributed by atoms with van der Waals surface area (Å²) in [5.74, 6) is 0.0673. The third-order valence-electron chi connectivity index (χ3n) is 4.59. The van der Waals surface area contributed by atoms with Gasteiger partial charge in [-0.15, -0.1) is 0 Å². The van der Waals surface area contributed by atoms with Crippen LogP contribution in [0.2, 0.25) is 0 Å². The Morgan fingerprint density at radius 1 is 1.19 bits per heavy atom. The van der Waals surface area contributed by atoms with Crippen LogP contribution in [0.1, 0.15) is 36.0 Å². The second-order valence-electron chi connectivity index (χ2n) is 6.02. The van der Waals surface area contributed by atoms with E-state index < -0.39 is 0 Å².